The van der Waals surface area contributed by atoms with Crippen LogP contribution in [0.3, 0.4) is 0 Å². The number of carboxylic acids is 1. The number of piperazine rings is 1. The number of benzene rings is 3. The summed E-state index contributed by atoms with van der Waals surface area (Å²) < 4.78 is 28.6. The van der Waals surface area contributed by atoms with Gasteiger partial charge in [-0.3, -0.25) is 4.72 Å². The molecule has 0 bridgehead atoms. The van der Waals surface area contributed by atoms with Crippen LogP contribution in [0.25, 0.3) is 0 Å². The summed E-state index contributed by atoms with van der Waals surface area (Å²) in [6.45, 7) is 9.83. The lowest BCUT2D eigenvalue weighted by molar-refractivity contribution is 0.0697. The number of nitrogens with one attached hydrogen (secondary N) is 1. The molecule has 0 spiro atoms. The molecule has 0 amide bonds. The Balaban J connectivity index is 1.58. The molecule has 0 saturated carbocycles. The van der Waals surface area contributed by atoms with E-state index in [2.05, 4.69) is 46.6 Å². The van der Waals surface area contributed by atoms with Gasteiger partial charge in [0.15, 0.2) is 0 Å². The molecule has 1 aliphatic rings. The Bertz CT molecular complexity index is 1370. The standard InChI is InChI=1S/C27H31N3O4S/c1-18-6-5-7-23(14-18)30-13-12-29(17-21(30)4)25-11-10-22(16-24(25)27(31)32)28-35(33,34)26-15-19(2)8-9-20(26)3/h5-11,14-16,21,28H,12-13,17H2,1-4H3,(H,31,32)/t21-/m0/s1. The number of aryl methyl sites for hydroxylation is 3. The van der Waals surface area contributed by atoms with Gasteiger partial charge in [0.2, 0.25) is 0 Å². The number of anilines is 3. The van der Waals surface area contributed by atoms with Crippen LogP contribution in [-0.2, 0) is 10.0 Å². The van der Waals surface area contributed by atoms with E-state index in [-0.39, 0.29) is 22.2 Å². The van der Waals surface area contributed by atoms with Crippen LogP contribution in [0.5, 0.6) is 0 Å². The lowest BCUT2D eigenvalue weighted by atomic mass is 10.1. The fourth-order valence-electron chi connectivity index (χ4n) is 4.62. The molecule has 4 rings (SSSR count). The van der Waals surface area contributed by atoms with Crippen LogP contribution in [0.4, 0.5) is 17.1 Å². The van der Waals surface area contributed by atoms with E-state index in [1.54, 1.807) is 31.2 Å². The smallest absolute Gasteiger partial charge is 0.337 e. The normalized spacial score (nSPS) is 16.3. The molecule has 3 aromatic rings. The number of rotatable bonds is 6. The topological polar surface area (TPSA) is 90.0 Å². The predicted octanol–water partition coefficient (Wildman–Crippen LogP) is 4.83. The zero-order valence-electron chi connectivity index (χ0n) is 20.4. The fraction of sp³-hybridized carbons (Fsp3) is 0.296. The summed E-state index contributed by atoms with van der Waals surface area (Å²) in [5.41, 5.74) is 4.69. The summed E-state index contributed by atoms with van der Waals surface area (Å²) in [7, 11) is -3.86. The maximum absolute atomic E-state index is 13.0. The highest BCUT2D eigenvalue weighted by atomic mass is 32.2. The van der Waals surface area contributed by atoms with Crippen molar-refractivity contribution in [3.05, 3.63) is 82.9 Å². The third-order valence-electron chi connectivity index (χ3n) is 6.41. The van der Waals surface area contributed by atoms with Gasteiger partial charge in [0.25, 0.3) is 10.0 Å². The van der Waals surface area contributed by atoms with Gasteiger partial charge < -0.3 is 14.9 Å². The first-order valence-electron chi connectivity index (χ1n) is 11.6. The quantitative estimate of drug-likeness (QED) is 0.511. The lowest BCUT2D eigenvalue weighted by Gasteiger charge is -2.42. The second-order valence-electron chi connectivity index (χ2n) is 9.24. The molecule has 0 unspecified atom stereocenters. The molecule has 35 heavy (non-hydrogen) atoms. The fourth-order valence-corrected chi connectivity index (χ4v) is 6.00. The van der Waals surface area contributed by atoms with Gasteiger partial charge in [-0.05, 0) is 80.8 Å². The molecule has 0 radical (unpaired) electrons. The number of carbonyl (C=O) groups is 1. The summed E-state index contributed by atoms with van der Waals surface area (Å²) in [5.74, 6) is -1.10. The molecule has 1 heterocycles. The van der Waals surface area contributed by atoms with Gasteiger partial charge in [-0.2, -0.15) is 0 Å². The molecule has 184 valence electrons. The van der Waals surface area contributed by atoms with Crippen LogP contribution in [0.1, 0.15) is 34.0 Å². The molecule has 1 aliphatic heterocycles. The van der Waals surface area contributed by atoms with Gasteiger partial charge in [-0.1, -0.05) is 24.3 Å². The molecule has 2 N–H and O–H groups in total. The minimum absolute atomic E-state index is 0.0716. The Labute approximate surface area is 207 Å². The Morgan fingerprint density at radius 2 is 1.71 bits per heavy atom. The number of nitrogens with zero attached hydrogens (tertiary/aromatic N) is 2. The van der Waals surface area contributed by atoms with Gasteiger partial charge in [0.1, 0.15) is 0 Å². The number of aromatic carboxylic acids is 1. The first-order valence-corrected chi connectivity index (χ1v) is 13.1. The second-order valence-corrected chi connectivity index (χ2v) is 10.9. The van der Waals surface area contributed by atoms with E-state index in [1.165, 1.54) is 11.6 Å². The number of sulfonamides is 1. The van der Waals surface area contributed by atoms with Crippen molar-refractivity contribution in [2.45, 2.75) is 38.6 Å². The van der Waals surface area contributed by atoms with Crippen molar-refractivity contribution in [1.82, 2.24) is 0 Å². The Morgan fingerprint density at radius 1 is 0.971 bits per heavy atom. The third kappa shape index (κ3) is 5.27. The van der Waals surface area contributed by atoms with Crippen LogP contribution in [0, 0.1) is 20.8 Å². The maximum Gasteiger partial charge on any atom is 0.337 e. The second kappa shape index (κ2) is 9.62. The zero-order chi connectivity index (χ0) is 25.3. The molecule has 3 aromatic carbocycles. The maximum atomic E-state index is 13.0. The number of hydrogen-bond acceptors (Lipinski definition) is 5. The first kappa shape index (κ1) is 24.6. The summed E-state index contributed by atoms with van der Waals surface area (Å²) in [4.78, 5) is 16.7. The first-order chi connectivity index (χ1) is 16.5. The molecule has 1 fully saturated rings. The Hall–Kier alpha value is -3.52. The van der Waals surface area contributed by atoms with Crippen LogP contribution in [0.15, 0.2) is 65.6 Å². The van der Waals surface area contributed by atoms with E-state index >= 15 is 0 Å². The van der Waals surface area contributed by atoms with Crippen LogP contribution in [-0.4, -0.2) is 45.2 Å². The van der Waals surface area contributed by atoms with Gasteiger partial charge in [-0.25, -0.2) is 13.2 Å². The highest BCUT2D eigenvalue weighted by Gasteiger charge is 2.27. The number of hydrogen-bond donors (Lipinski definition) is 2. The highest BCUT2D eigenvalue weighted by Crippen LogP contribution is 2.30. The summed E-state index contributed by atoms with van der Waals surface area (Å²) >= 11 is 0. The average molecular weight is 494 g/mol. The molecule has 0 aromatic heterocycles. The zero-order valence-corrected chi connectivity index (χ0v) is 21.3. The molecule has 8 heteroatoms. The van der Waals surface area contributed by atoms with Crippen molar-refractivity contribution < 1.29 is 18.3 Å². The van der Waals surface area contributed by atoms with Crippen LogP contribution in [0.2, 0.25) is 0 Å². The average Bonchev–Trinajstić information content (AvgIpc) is 2.80. The largest absolute Gasteiger partial charge is 0.478 e. The van der Waals surface area contributed by atoms with E-state index in [4.69, 9.17) is 0 Å². The SMILES string of the molecule is Cc1cccc(N2CCN(c3ccc(NS(=O)(=O)c4cc(C)ccc4C)cc3C(=O)O)C[C@@H]2C)c1. The van der Waals surface area contributed by atoms with Crippen molar-refractivity contribution in [3.63, 3.8) is 0 Å². The lowest BCUT2D eigenvalue weighted by Crippen LogP contribution is -2.52. The van der Waals surface area contributed by atoms with Crippen molar-refractivity contribution in [2.75, 3.05) is 34.2 Å². The van der Waals surface area contributed by atoms with Crippen molar-refractivity contribution >= 4 is 33.1 Å². The predicted molar refractivity (Wildman–Crippen MR) is 140 cm³/mol. The Kier molecular flexibility index (Phi) is 6.76. The van der Waals surface area contributed by atoms with Gasteiger partial charge in [-0.15, -0.1) is 0 Å². The minimum atomic E-state index is -3.86. The van der Waals surface area contributed by atoms with Crippen molar-refractivity contribution in [1.29, 1.82) is 0 Å². The van der Waals surface area contributed by atoms with Crippen LogP contribution >= 0.6 is 0 Å². The van der Waals surface area contributed by atoms with Gasteiger partial charge in [0.05, 0.1) is 16.1 Å². The van der Waals surface area contributed by atoms with E-state index in [0.717, 1.165) is 17.8 Å². The molecular weight excluding hydrogens is 462 g/mol. The third-order valence-corrected chi connectivity index (χ3v) is 7.94. The van der Waals surface area contributed by atoms with E-state index in [1.807, 2.05) is 19.1 Å². The highest BCUT2D eigenvalue weighted by molar-refractivity contribution is 7.92. The van der Waals surface area contributed by atoms with Gasteiger partial charge in [0, 0.05) is 37.1 Å². The molecule has 1 atom stereocenters. The summed E-state index contributed by atoms with van der Waals surface area (Å²) in [6.07, 6.45) is 0. The molecule has 0 aliphatic carbocycles. The van der Waals surface area contributed by atoms with E-state index < -0.39 is 16.0 Å². The molecule has 7 nitrogen and oxygen atoms in total. The summed E-state index contributed by atoms with van der Waals surface area (Å²) in [5, 5.41) is 9.93. The Morgan fingerprint density at radius 3 is 2.40 bits per heavy atom. The van der Waals surface area contributed by atoms with Gasteiger partial charge >= 0.3 is 5.97 Å². The van der Waals surface area contributed by atoms with Crippen LogP contribution < -0.4 is 14.5 Å². The molecule has 1 saturated heterocycles. The molecular formula is C27H31N3O4S. The summed E-state index contributed by atoms with van der Waals surface area (Å²) in [6, 6.07) is 18.5. The van der Waals surface area contributed by atoms with E-state index in [0.29, 0.717) is 24.3 Å². The number of carboxylic acid groups (broad SMARTS) is 1. The van der Waals surface area contributed by atoms with Crippen molar-refractivity contribution in [3.8, 4) is 0 Å². The monoisotopic (exact) mass is 493 g/mol. The minimum Gasteiger partial charge on any atom is -0.478 e. The van der Waals surface area contributed by atoms with Crippen molar-refractivity contribution in [2.24, 2.45) is 0 Å². The van der Waals surface area contributed by atoms with E-state index in [9.17, 15) is 18.3 Å².